The van der Waals surface area contributed by atoms with E-state index >= 15 is 0 Å². The fourth-order valence-electron chi connectivity index (χ4n) is 1.44. The maximum atomic E-state index is 10.7. The summed E-state index contributed by atoms with van der Waals surface area (Å²) in [4.78, 5) is 10.7. The molecule has 6 heteroatoms. The Morgan fingerprint density at radius 3 is 2.74 bits per heavy atom. The highest BCUT2D eigenvalue weighted by atomic mass is 79.9. The molecule has 0 bridgehead atoms. The molecular formula is C13H11BrNO4-. The van der Waals surface area contributed by atoms with Gasteiger partial charge in [0.05, 0.1) is 29.7 Å². The van der Waals surface area contributed by atoms with Crippen LogP contribution in [-0.2, 0) is 4.79 Å². The number of hydrogen-bond donors (Lipinski definition) is 0. The summed E-state index contributed by atoms with van der Waals surface area (Å²) >= 11 is 3.30. The number of benzene rings is 1. The van der Waals surface area contributed by atoms with E-state index in [9.17, 15) is 9.90 Å². The van der Waals surface area contributed by atoms with Crippen molar-refractivity contribution in [2.75, 3.05) is 13.7 Å². The average molecular weight is 325 g/mol. The first-order valence-electron chi connectivity index (χ1n) is 5.37. The van der Waals surface area contributed by atoms with Gasteiger partial charge in [-0.05, 0) is 46.6 Å². The fourth-order valence-corrected chi connectivity index (χ4v) is 2.06. The maximum Gasteiger partial charge on any atom is 0.174 e. The van der Waals surface area contributed by atoms with E-state index < -0.39 is 11.5 Å². The number of halogens is 1. The zero-order chi connectivity index (χ0) is 14.4. The van der Waals surface area contributed by atoms with E-state index in [0.717, 1.165) is 0 Å². The Bertz CT molecular complexity index is 560. The van der Waals surface area contributed by atoms with E-state index in [4.69, 9.17) is 14.7 Å². The molecule has 0 spiro atoms. The number of carboxylic acid groups (broad SMARTS) is 1. The van der Waals surface area contributed by atoms with Gasteiger partial charge < -0.3 is 19.4 Å². The molecule has 19 heavy (non-hydrogen) atoms. The third kappa shape index (κ3) is 3.73. The van der Waals surface area contributed by atoms with Crippen molar-refractivity contribution in [3.8, 4) is 17.6 Å². The van der Waals surface area contributed by atoms with Crippen LogP contribution < -0.4 is 14.6 Å². The Hall–Kier alpha value is -2.00. The highest BCUT2D eigenvalue weighted by molar-refractivity contribution is 9.10. The first-order chi connectivity index (χ1) is 9.03. The van der Waals surface area contributed by atoms with Crippen molar-refractivity contribution < 1.29 is 19.4 Å². The lowest BCUT2D eigenvalue weighted by Crippen LogP contribution is -2.23. The number of methoxy groups -OCH3 is 1. The molecule has 0 saturated carbocycles. The Kier molecular flexibility index (Phi) is 5.39. The van der Waals surface area contributed by atoms with Gasteiger partial charge in [-0.15, -0.1) is 0 Å². The summed E-state index contributed by atoms with van der Waals surface area (Å²) < 4.78 is 11.2. The maximum absolute atomic E-state index is 10.7. The topological polar surface area (TPSA) is 82.4 Å². The van der Waals surface area contributed by atoms with Crippen LogP contribution in [-0.4, -0.2) is 19.7 Å². The molecule has 1 aromatic carbocycles. The number of nitrogens with zero attached hydrogens (tertiary/aromatic N) is 1. The summed E-state index contributed by atoms with van der Waals surface area (Å²) in [5, 5.41) is 19.4. The Labute approximate surface area is 119 Å². The van der Waals surface area contributed by atoms with Crippen LogP contribution >= 0.6 is 15.9 Å². The smallest absolute Gasteiger partial charge is 0.174 e. The van der Waals surface area contributed by atoms with Crippen LogP contribution in [0.2, 0.25) is 0 Å². The molecule has 1 rings (SSSR count). The van der Waals surface area contributed by atoms with Gasteiger partial charge in [-0.25, -0.2) is 0 Å². The van der Waals surface area contributed by atoms with Crippen LogP contribution in [0.5, 0.6) is 11.5 Å². The third-order valence-corrected chi connectivity index (χ3v) is 2.78. The van der Waals surface area contributed by atoms with Gasteiger partial charge in [0.2, 0.25) is 0 Å². The van der Waals surface area contributed by atoms with Gasteiger partial charge in [-0.2, -0.15) is 5.26 Å². The van der Waals surface area contributed by atoms with Crippen molar-refractivity contribution in [1.29, 1.82) is 5.26 Å². The summed E-state index contributed by atoms with van der Waals surface area (Å²) in [5.41, 5.74) is 0.0383. The van der Waals surface area contributed by atoms with E-state index in [1.807, 2.05) is 6.92 Å². The number of nitriles is 1. The highest BCUT2D eigenvalue weighted by Crippen LogP contribution is 2.37. The first kappa shape index (κ1) is 15.1. The molecule has 0 aliphatic carbocycles. The normalized spacial score (nSPS) is 10.7. The third-order valence-electron chi connectivity index (χ3n) is 2.19. The van der Waals surface area contributed by atoms with Crippen LogP contribution in [0, 0.1) is 11.3 Å². The second kappa shape index (κ2) is 6.81. The minimum atomic E-state index is -1.52. The van der Waals surface area contributed by atoms with Crippen molar-refractivity contribution in [3.63, 3.8) is 0 Å². The molecule has 0 saturated heterocycles. The lowest BCUT2D eigenvalue weighted by molar-refractivity contribution is -0.298. The Morgan fingerprint density at radius 1 is 1.58 bits per heavy atom. The van der Waals surface area contributed by atoms with Crippen LogP contribution in [0.15, 0.2) is 22.2 Å². The molecule has 0 amide bonds. The van der Waals surface area contributed by atoms with Crippen molar-refractivity contribution in [1.82, 2.24) is 0 Å². The fraction of sp³-hybridized carbons (Fsp3) is 0.231. The lowest BCUT2D eigenvalue weighted by atomic mass is 10.1. The number of hydrogen-bond acceptors (Lipinski definition) is 5. The lowest BCUT2D eigenvalue weighted by Gasteiger charge is -2.12. The molecule has 0 atom stereocenters. The van der Waals surface area contributed by atoms with Crippen molar-refractivity contribution in [2.45, 2.75) is 6.92 Å². The van der Waals surface area contributed by atoms with Gasteiger partial charge in [0.15, 0.2) is 11.5 Å². The van der Waals surface area contributed by atoms with Crippen LogP contribution in [0.4, 0.5) is 0 Å². The first-order valence-corrected chi connectivity index (χ1v) is 6.16. The average Bonchev–Trinajstić information content (AvgIpc) is 2.35. The van der Waals surface area contributed by atoms with E-state index in [0.29, 0.717) is 28.1 Å². The van der Waals surface area contributed by atoms with E-state index in [1.54, 1.807) is 18.2 Å². The molecule has 1 aromatic rings. The second-order valence-corrected chi connectivity index (χ2v) is 4.28. The molecule has 5 nitrogen and oxygen atoms in total. The highest BCUT2D eigenvalue weighted by Gasteiger charge is 2.10. The summed E-state index contributed by atoms with van der Waals surface area (Å²) in [7, 11) is 1.50. The molecule has 0 aliphatic heterocycles. The van der Waals surface area contributed by atoms with E-state index in [1.165, 1.54) is 13.2 Å². The molecule has 0 N–H and O–H groups in total. The van der Waals surface area contributed by atoms with Gasteiger partial charge in [0.25, 0.3) is 0 Å². The van der Waals surface area contributed by atoms with Crippen molar-refractivity contribution >= 4 is 28.0 Å². The minimum absolute atomic E-state index is 0.432. The quantitative estimate of drug-likeness (QED) is 0.605. The van der Waals surface area contributed by atoms with E-state index in [2.05, 4.69) is 15.9 Å². The van der Waals surface area contributed by atoms with Gasteiger partial charge in [-0.3, -0.25) is 0 Å². The number of carbonyl (C=O) groups is 1. The molecule has 0 fully saturated rings. The molecule has 0 aliphatic rings. The van der Waals surface area contributed by atoms with Crippen LogP contribution in [0.25, 0.3) is 6.08 Å². The van der Waals surface area contributed by atoms with E-state index in [-0.39, 0.29) is 0 Å². The SMILES string of the molecule is CCOc1cc(/C=C(\C#N)C(=O)[O-])cc(Br)c1OC. The number of aliphatic carboxylic acids is 1. The van der Waals surface area contributed by atoms with Gasteiger partial charge in [0.1, 0.15) is 6.07 Å². The summed E-state index contributed by atoms with van der Waals surface area (Å²) in [6.45, 7) is 2.25. The predicted octanol–water partition coefficient (Wildman–Crippen LogP) is 1.51. The number of rotatable bonds is 5. The molecule has 100 valence electrons. The number of carbonyl (C=O) groups excluding carboxylic acids is 1. The standard InChI is InChI=1S/C13H12BrNO4/c1-3-19-11-6-8(4-9(7-15)13(16)17)5-10(14)12(11)18-2/h4-6H,3H2,1-2H3,(H,16,17)/p-1/b9-4+. The Balaban J connectivity index is 3.32. The zero-order valence-corrected chi connectivity index (χ0v) is 12.0. The zero-order valence-electron chi connectivity index (χ0n) is 10.4. The molecular weight excluding hydrogens is 314 g/mol. The van der Waals surface area contributed by atoms with Crippen molar-refractivity contribution in [3.05, 3.63) is 27.7 Å². The number of ether oxygens (including phenoxy) is 2. The summed E-state index contributed by atoms with van der Waals surface area (Å²) in [6, 6.07) is 4.78. The Morgan fingerprint density at radius 2 is 2.26 bits per heavy atom. The predicted molar refractivity (Wildman–Crippen MR) is 70.5 cm³/mol. The van der Waals surface area contributed by atoms with Gasteiger partial charge >= 0.3 is 0 Å². The number of carboxylic acids is 1. The van der Waals surface area contributed by atoms with Crippen LogP contribution in [0.1, 0.15) is 12.5 Å². The van der Waals surface area contributed by atoms with Gasteiger partial charge in [0, 0.05) is 0 Å². The van der Waals surface area contributed by atoms with Crippen molar-refractivity contribution in [2.24, 2.45) is 0 Å². The molecule has 0 aromatic heterocycles. The molecule has 0 heterocycles. The summed E-state index contributed by atoms with van der Waals surface area (Å²) in [6.07, 6.45) is 1.21. The second-order valence-electron chi connectivity index (χ2n) is 3.42. The van der Waals surface area contributed by atoms with Gasteiger partial charge in [-0.1, -0.05) is 0 Å². The molecule has 0 radical (unpaired) electrons. The largest absolute Gasteiger partial charge is 0.544 e. The minimum Gasteiger partial charge on any atom is -0.544 e. The molecule has 0 unspecified atom stereocenters. The monoisotopic (exact) mass is 324 g/mol. The summed E-state index contributed by atoms with van der Waals surface area (Å²) in [5.74, 6) is -0.556. The van der Waals surface area contributed by atoms with Crippen LogP contribution in [0.3, 0.4) is 0 Å².